The summed E-state index contributed by atoms with van der Waals surface area (Å²) in [5.74, 6) is 1.10. The van der Waals surface area contributed by atoms with Crippen LogP contribution in [0.15, 0.2) is 18.5 Å². The number of aliphatic hydroxyl groups is 1. The van der Waals surface area contributed by atoms with Crippen LogP contribution in [0.2, 0.25) is 0 Å². The summed E-state index contributed by atoms with van der Waals surface area (Å²) in [6, 6.07) is 0.943. The first kappa shape index (κ1) is 16.3. The maximum absolute atomic E-state index is 13.0. The Balaban J connectivity index is 2.13. The van der Waals surface area contributed by atoms with Crippen LogP contribution in [0.4, 0.5) is 13.2 Å². The Morgan fingerprint density at radius 2 is 1.71 bits per heavy atom. The van der Waals surface area contributed by atoms with Crippen molar-refractivity contribution >= 4 is 0 Å². The summed E-state index contributed by atoms with van der Waals surface area (Å²) >= 11 is 0. The van der Waals surface area contributed by atoms with Crippen LogP contribution in [0.3, 0.4) is 0 Å². The van der Waals surface area contributed by atoms with Crippen LogP contribution < -0.4 is 0 Å². The van der Waals surface area contributed by atoms with E-state index in [2.05, 4.69) is 18.8 Å². The molecular weight excluding hydrogens is 279 g/mol. The molecule has 1 aliphatic carbocycles. The van der Waals surface area contributed by atoms with Gasteiger partial charge in [-0.1, -0.05) is 13.8 Å². The van der Waals surface area contributed by atoms with E-state index in [0.717, 1.165) is 44.1 Å². The molecule has 118 valence electrons. The molecule has 1 heterocycles. The quantitative estimate of drug-likeness (QED) is 0.885. The first-order valence-corrected chi connectivity index (χ1v) is 7.50. The third kappa shape index (κ3) is 3.76. The van der Waals surface area contributed by atoms with Crippen LogP contribution in [0.25, 0.3) is 0 Å². The van der Waals surface area contributed by atoms with Crippen molar-refractivity contribution in [1.82, 2.24) is 4.98 Å². The van der Waals surface area contributed by atoms with Crippen molar-refractivity contribution in [3.63, 3.8) is 0 Å². The van der Waals surface area contributed by atoms with Gasteiger partial charge in [-0.05, 0) is 49.5 Å². The highest BCUT2D eigenvalue weighted by molar-refractivity contribution is 5.28. The predicted molar refractivity (Wildman–Crippen MR) is 74.5 cm³/mol. The number of pyridine rings is 1. The van der Waals surface area contributed by atoms with Gasteiger partial charge in [0.1, 0.15) is 0 Å². The molecular formula is C16H22F3NO. The number of aliphatic hydroxyl groups excluding tert-OH is 1. The summed E-state index contributed by atoms with van der Waals surface area (Å²) in [7, 11) is 0. The van der Waals surface area contributed by atoms with E-state index in [4.69, 9.17) is 0 Å². The molecule has 0 aliphatic heterocycles. The Morgan fingerprint density at radius 1 is 1.14 bits per heavy atom. The third-order valence-corrected chi connectivity index (χ3v) is 4.68. The molecule has 1 aromatic rings. The van der Waals surface area contributed by atoms with Crippen LogP contribution >= 0.6 is 0 Å². The van der Waals surface area contributed by atoms with E-state index in [-0.39, 0.29) is 11.5 Å². The fraction of sp³-hybridized carbons (Fsp3) is 0.688. The van der Waals surface area contributed by atoms with Crippen LogP contribution in [-0.2, 0) is 6.18 Å². The summed E-state index contributed by atoms with van der Waals surface area (Å²) < 4.78 is 39.0. The van der Waals surface area contributed by atoms with E-state index < -0.39 is 17.8 Å². The molecule has 1 aromatic heterocycles. The number of hydrogen-bond donors (Lipinski definition) is 1. The third-order valence-electron chi connectivity index (χ3n) is 4.68. The van der Waals surface area contributed by atoms with E-state index in [1.807, 2.05) is 0 Å². The average molecular weight is 301 g/mol. The zero-order valence-electron chi connectivity index (χ0n) is 12.4. The highest BCUT2D eigenvalue weighted by Crippen LogP contribution is 2.42. The molecule has 0 amide bonds. The standard InChI is InChI=1S/C16H22F3NO/c1-10(2)11-3-5-12(6-4-11)15(21)13-9-20-8-7-14(13)16(17,18)19/h7-12,15,21H,3-6H2,1-2H3. The molecule has 1 atom stereocenters. The van der Waals surface area contributed by atoms with Gasteiger partial charge in [-0.3, -0.25) is 4.98 Å². The topological polar surface area (TPSA) is 33.1 Å². The highest BCUT2D eigenvalue weighted by atomic mass is 19.4. The minimum absolute atomic E-state index is 0.0852. The van der Waals surface area contributed by atoms with E-state index in [0.29, 0.717) is 11.8 Å². The summed E-state index contributed by atoms with van der Waals surface area (Å²) in [6.07, 6.45) is 0.239. The molecule has 0 radical (unpaired) electrons. The largest absolute Gasteiger partial charge is 0.416 e. The molecule has 21 heavy (non-hydrogen) atoms. The lowest BCUT2D eigenvalue weighted by atomic mass is 9.74. The first-order valence-electron chi connectivity index (χ1n) is 7.50. The fourth-order valence-corrected chi connectivity index (χ4v) is 3.28. The maximum atomic E-state index is 13.0. The second kappa shape index (κ2) is 6.34. The molecule has 0 saturated heterocycles. The Bertz CT molecular complexity index is 465. The van der Waals surface area contributed by atoms with Gasteiger partial charge in [0.25, 0.3) is 0 Å². The van der Waals surface area contributed by atoms with Gasteiger partial charge < -0.3 is 5.11 Å². The molecule has 5 heteroatoms. The molecule has 2 nitrogen and oxygen atoms in total. The second-order valence-electron chi connectivity index (χ2n) is 6.32. The highest BCUT2D eigenvalue weighted by Gasteiger charge is 2.37. The SMILES string of the molecule is CC(C)C1CCC(C(O)c2cnccc2C(F)(F)F)CC1. The minimum Gasteiger partial charge on any atom is -0.388 e. The van der Waals surface area contributed by atoms with Gasteiger partial charge in [0.2, 0.25) is 0 Å². The molecule has 0 spiro atoms. The Morgan fingerprint density at radius 3 is 2.24 bits per heavy atom. The van der Waals surface area contributed by atoms with Crippen LogP contribution in [0.1, 0.15) is 56.8 Å². The number of aromatic nitrogens is 1. The van der Waals surface area contributed by atoms with Gasteiger partial charge in [0.15, 0.2) is 0 Å². The van der Waals surface area contributed by atoms with E-state index in [1.54, 1.807) is 0 Å². The van der Waals surface area contributed by atoms with Crippen molar-refractivity contribution in [2.24, 2.45) is 17.8 Å². The Labute approximate surface area is 123 Å². The summed E-state index contributed by atoms with van der Waals surface area (Å²) in [4.78, 5) is 3.76. The van der Waals surface area contributed by atoms with Gasteiger partial charge >= 0.3 is 6.18 Å². The fourth-order valence-electron chi connectivity index (χ4n) is 3.28. The molecule has 1 aliphatic rings. The van der Waals surface area contributed by atoms with Gasteiger partial charge in [-0.15, -0.1) is 0 Å². The van der Waals surface area contributed by atoms with Gasteiger partial charge in [0.05, 0.1) is 11.7 Å². The predicted octanol–water partition coefficient (Wildman–Crippen LogP) is 4.60. The summed E-state index contributed by atoms with van der Waals surface area (Å²) in [5, 5.41) is 10.4. The van der Waals surface area contributed by atoms with Crippen LogP contribution in [0.5, 0.6) is 0 Å². The normalized spacial score (nSPS) is 25.1. The number of nitrogens with zero attached hydrogens (tertiary/aromatic N) is 1. The lowest BCUT2D eigenvalue weighted by Crippen LogP contribution is -2.24. The number of alkyl halides is 3. The zero-order valence-corrected chi connectivity index (χ0v) is 12.4. The minimum atomic E-state index is -4.45. The number of hydrogen-bond acceptors (Lipinski definition) is 2. The van der Waals surface area contributed by atoms with Crippen molar-refractivity contribution in [3.8, 4) is 0 Å². The van der Waals surface area contributed by atoms with Gasteiger partial charge in [-0.2, -0.15) is 13.2 Å². The summed E-state index contributed by atoms with van der Waals surface area (Å²) in [6.45, 7) is 4.34. The van der Waals surface area contributed by atoms with Gasteiger partial charge in [0, 0.05) is 18.0 Å². The number of rotatable bonds is 3. The lowest BCUT2D eigenvalue weighted by Gasteiger charge is -2.34. The zero-order chi connectivity index (χ0) is 15.6. The lowest BCUT2D eigenvalue weighted by molar-refractivity contribution is -0.139. The first-order chi connectivity index (χ1) is 9.80. The molecule has 1 saturated carbocycles. The van der Waals surface area contributed by atoms with E-state index >= 15 is 0 Å². The average Bonchev–Trinajstić information content (AvgIpc) is 2.45. The molecule has 0 aromatic carbocycles. The number of halogens is 3. The molecule has 2 rings (SSSR count). The smallest absolute Gasteiger partial charge is 0.388 e. The van der Waals surface area contributed by atoms with Crippen molar-refractivity contribution in [2.75, 3.05) is 0 Å². The monoisotopic (exact) mass is 301 g/mol. The van der Waals surface area contributed by atoms with Crippen molar-refractivity contribution in [1.29, 1.82) is 0 Å². The molecule has 0 bridgehead atoms. The van der Waals surface area contributed by atoms with Crippen molar-refractivity contribution in [3.05, 3.63) is 29.6 Å². The molecule has 1 fully saturated rings. The van der Waals surface area contributed by atoms with Gasteiger partial charge in [-0.25, -0.2) is 0 Å². The Hall–Kier alpha value is -1.10. The van der Waals surface area contributed by atoms with Crippen LogP contribution in [-0.4, -0.2) is 10.1 Å². The van der Waals surface area contributed by atoms with Crippen molar-refractivity contribution < 1.29 is 18.3 Å². The summed E-state index contributed by atoms with van der Waals surface area (Å²) in [5.41, 5.74) is -0.853. The van der Waals surface area contributed by atoms with E-state index in [9.17, 15) is 18.3 Å². The van der Waals surface area contributed by atoms with Crippen LogP contribution in [0, 0.1) is 17.8 Å². The second-order valence-corrected chi connectivity index (χ2v) is 6.32. The van der Waals surface area contributed by atoms with Crippen molar-refractivity contribution in [2.45, 2.75) is 51.8 Å². The molecule has 1 unspecified atom stereocenters. The maximum Gasteiger partial charge on any atom is 0.416 e. The Kier molecular flexibility index (Phi) is 4.91. The van der Waals surface area contributed by atoms with E-state index in [1.165, 1.54) is 0 Å². The molecule has 1 N–H and O–H groups in total.